The van der Waals surface area contributed by atoms with Crippen LogP contribution in [0.3, 0.4) is 0 Å². The van der Waals surface area contributed by atoms with E-state index in [-0.39, 0.29) is 5.57 Å². The molecule has 0 radical (unpaired) electrons. The van der Waals surface area contributed by atoms with Crippen LogP contribution in [0.2, 0.25) is 5.02 Å². The van der Waals surface area contributed by atoms with E-state index in [1.54, 1.807) is 30.3 Å². The molecule has 1 saturated heterocycles. The topological polar surface area (TPSA) is 71.4 Å². The van der Waals surface area contributed by atoms with Gasteiger partial charge in [0, 0.05) is 34.2 Å². The molecule has 4 amide bonds. The summed E-state index contributed by atoms with van der Waals surface area (Å²) in [7, 11) is 0. The molecule has 1 aliphatic heterocycles. The number of para-hydroxylation sites is 1. The number of aryl methyl sites for hydroxylation is 1. The first kappa shape index (κ1) is 21.7. The molecule has 0 atom stereocenters. The first-order valence-corrected chi connectivity index (χ1v) is 11.1. The van der Waals surface area contributed by atoms with E-state index in [9.17, 15) is 14.4 Å². The van der Waals surface area contributed by atoms with Crippen molar-refractivity contribution in [3.63, 3.8) is 0 Å². The molecule has 1 fully saturated rings. The van der Waals surface area contributed by atoms with Crippen LogP contribution in [-0.4, -0.2) is 22.4 Å². The highest BCUT2D eigenvalue weighted by Gasteiger charge is 2.37. The van der Waals surface area contributed by atoms with Gasteiger partial charge in [-0.15, -0.1) is 0 Å². The van der Waals surface area contributed by atoms with E-state index in [4.69, 9.17) is 11.6 Å². The number of nitrogens with one attached hydrogen (secondary N) is 1. The van der Waals surface area contributed by atoms with Crippen LogP contribution < -0.4 is 10.2 Å². The van der Waals surface area contributed by atoms with E-state index in [1.807, 2.05) is 49.5 Å². The van der Waals surface area contributed by atoms with Crippen LogP contribution in [0.25, 0.3) is 17.0 Å². The molecule has 7 heteroatoms. The standard InChI is InChI=1S/C27H20ClN3O3/c1-17-5-4-6-18(13-17)15-30-16-19(22-7-2-3-8-24(22)30)14-23-25(32)29-27(34)31(26(23)33)21-11-9-20(28)10-12-21/h2-14,16H,15H2,1H3,(H,29,32,34)/b23-14+. The van der Waals surface area contributed by atoms with Crippen molar-refractivity contribution in [3.8, 4) is 0 Å². The molecule has 0 saturated carbocycles. The van der Waals surface area contributed by atoms with Crippen molar-refractivity contribution in [2.45, 2.75) is 13.5 Å². The fraction of sp³-hybridized carbons (Fsp3) is 0.0741. The summed E-state index contributed by atoms with van der Waals surface area (Å²) < 4.78 is 2.09. The number of barbiturate groups is 1. The van der Waals surface area contributed by atoms with E-state index in [0.29, 0.717) is 22.8 Å². The number of benzene rings is 3. The molecule has 168 valence electrons. The molecule has 6 nitrogen and oxygen atoms in total. The number of rotatable bonds is 4. The SMILES string of the molecule is Cc1cccc(Cn2cc(/C=C3\C(=O)NC(=O)N(c4ccc(Cl)cc4)C3=O)c3ccccc32)c1. The highest BCUT2D eigenvalue weighted by atomic mass is 35.5. The van der Waals surface area contributed by atoms with Crippen molar-refractivity contribution in [2.75, 3.05) is 4.90 Å². The average Bonchev–Trinajstić information content (AvgIpc) is 3.15. The Morgan fingerprint density at radius 3 is 2.47 bits per heavy atom. The van der Waals surface area contributed by atoms with Gasteiger partial charge in [-0.3, -0.25) is 14.9 Å². The summed E-state index contributed by atoms with van der Waals surface area (Å²) in [5.74, 6) is -1.41. The fourth-order valence-electron chi connectivity index (χ4n) is 4.17. The first-order chi connectivity index (χ1) is 16.4. The van der Waals surface area contributed by atoms with Gasteiger partial charge >= 0.3 is 6.03 Å². The summed E-state index contributed by atoms with van der Waals surface area (Å²) >= 11 is 5.94. The van der Waals surface area contributed by atoms with Gasteiger partial charge in [0.1, 0.15) is 5.57 Å². The molecule has 4 aromatic rings. The molecule has 2 heterocycles. The molecular formula is C27H20ClN3O3. The summed E-state index contributed by atoms with van der Waals surface area (Å²) in [5.41, 5.74) is 4.22. The minimum absolute atomic E-state index is 0.118. The lowest BCUT2D eigenvalue weighted by molar-refractivity contribution is -0.122. The minimum atomic E-state index is -0.795. The lowest BCUT2D eigenvalue weighted by Gasteiger charge is -2.26. The smallest absolute Gasteiger partial charge is 0.335 e. The molecule has 0 spiro atoms. The van der Waals surface area contributed by atoms with Gasteiger partial charge in [0.25, 0.3) is 11.8 Å². The number of hydrogen-bond donors (Lipinski definition) is 1. The number of amides is 4. The van der Waals surface area contributed by atoms with Crippen LogP contribution in [0, 0.1) is 6.92 Å². The number of aromatic nitrogens is 1. The van der Waals surface area contributed by atoms with Crippen molar-refractivity contribution in [1.82, 2.24) is 9.88 Å². The Kier molecular flexibility index (Phi) is 5.51. The zero-order chi connectivity index (χ0) is 23.8. The van der Waals surface area contributed by atoms with Gasteiger partial charge in [-0.2, -0.15) is 0 Å². The van der Waals surface area contributed by atoms with Crippen molar-refractivity contribution >= 4 is 52.1 Å². The number of fused-ring (bicyclic) bond motifs is 1. The molecule has 5 rings (SSSR count). The summed E-state index contributed by atoms with van der Waals surface area (Å²) in [6, 6.07) is 21.5. The molecule has 0 bridgehead atoms. The summed E-state index contributed by atoms with van der Waals surface area (Å²) in [6.45, 7) is 2.69. The van der Waals surface area contributed by atoms with Crippen molar-refractivity contribution < 1.29 is 14.4 Å². The predicted molar refractivity (Wildman–Crippen MR) is 133 cm³/mol. The number of anilines is 1. The third-order valence-corrected chi connectivity index (χ3v) is 5.99. The van der Waals surface area contributed by atoms with Gasteiger partial charge < -0.3 is 4.57 Å². The maximum Gasteiger partial charge on any atom is 0.335 e. The highest BCUT2D eigenvalue weighted by molar-refractivity contribution is 6.39. The number of halogens is 1. The van der Waals surface area contributed by atoms with Crippen LogP contribution in [0.15, 0.2) is 84.6 Å². The van der Waals surface area contributed by atoms with Gasteiger partial charge in [-0.05, 0) is 48.9 Å². The quantitative estimate of drug-likeness (QED) is 0.325. The Morgan fingerprint density at radius 1 is 0.941 bits per heavy atom. The maximum atomic E-state index is 13.2. The average molecular weight is 470 g/mol. The second kappa shape index (κ2) is 8.65. The zero-order valence-corrected chi connectivity index (χ0v) is 19.0. The lowest BCUT2D eigenvalue weighted by atomic mass is 10.1. The molecule has 34 heavy (non-hydrogen) atoms. The zero-order valence-electron chi connectivity index (χ0n) is 18.3. The summed E-state index contributed by atoms with van der Waals surface area (Å²) in [4.78, 5) is 39.3. The normalized spacial score (nSPS) is 15.3. The van der Waals surface area contributed by atoms with Crippen molar-refractivity contribution in [1.29, 1.82) is 0 Å². The molecule has 0 unspecified atom stereocenters. The molecule has 0 aliphatic carbocycles. The van der Waals surface area contributed by atoms with Crippen molar-refractivity contribution in [3.05, 3.63) is 106 Å². The van der Waals surface area contributed by atoms with Crippen LogP contribution >= 0.6 is 11.6 Å². The molecule has 1 N–H and O–H groups in total. The van der Waals surface area contributed by atoms with E-state index in [0.717, 1.165) is 21.4 Å². The highest BCUT2D eigenvalue weighted by Crippen LogP contribution is 2.28. The number of nitrogens with zero attached hydrogens (tertiary/aromatic N) is 2. The van der Waals surface area contributed by atoms with E-state index in [1.165, 1.54) is 5.56 Å². The lowest BCUT2D eigenvalue weighted by Crippen LogP contribution is -2.54. The van der Waals surface area contributed by atoms with E-state index in [2.05, 4.69) is 22.0 Å². The number of urea groups is 1. The predicted octanol–water partition coefficient (Wildman–Crippen LogP) is 5.32. The summed E-state index contributed by atoms with van der Waals surface area (Å²) in [6.07, 6.45) is 3.46. The summed E-state index contributed by atoms with van der Waals surface area (Å²) in [5, 5.41) is 3.64. The Hall–Kier alpha value is -4.16. The van der Waals surface area contributed by atoms with Crippen LogP contribution in [0.5, 0.6) is 0 Å². The second-order valence-electron chi connectivity index (χ2n) is 8.15. The van der Waals surface area contributed by atoms with Gasteiger partial charge in [0.15, 0.2) is 0 Å². The number of hydrogen-bond acceptors (Lipinski definition) is 3. The van der Waals surface area contributed by atoms with Crippen LogP contribution in [0.4, 0.5) is 10.5 Å². The molecule has 1 aromatic heterocycles. The van der Waals surface area contributed by atoms with Gasteiger partial charge in [0.2, 0.25) is 0 Å². The van der Waals surface area contributed by atoms with Gasteiger partial charge in [-0.1, -0.05) is 59.6 Å². The van der Waals surface area contributed by atoms with E-state index < -0.39 is 17.8 Å². The fourth-order valence-corrected chi connectivity index (χ4v) is 4.29. The Balaban J connectivity index is 1.56. The Morgan fingerprint density at radius 2 is 1.71 bits per heavy atom. The second-order valence-corrected chi connectivity index (χ2v) is 8.59. The third kappa shape index (κ3) is 4.00. The van der Waals surface area contributed by atoms with Gasteiger partial charge in [-0.25, -0.2) is 9.69 Å². The number of imide groups is 2. The van der Waals surface area contributed by atoms with Crippen molar-refractivity contribution in [2.24, 2.45) is 0 Å². The Labute approximate surface area is 201 Å². The number of carbonyl (C=O) groups excluding carboxylic acids is 3. The van der Waals surface area contributed by atoms with Crippen LogP contribution in [-0.2, 0) is 16.1 Å². The molecular weight excluding hydrogens is 450 g/mol. The first-order valence-electron chi connectivity index (χ1n) is 10.7. The third-order valence-electron chi connectivity index (χ3n) is 5.74. The van der Waals surface area contributed by atoms with Crippen LogP contribution in [0.1, 0.15) is 16.7 Å². The monoisotopic (exact) mass is 469 g/mol. The molecule has 3 aromatic carbocycles. The largest absolute Gasteiger partial charge is 0.342 e. The van der Waals surface area contributed by atoms with E-state index >= 15 is 0 Å². The van der Waals surface area contributed by atoms with Gasteiger partial charge in [0.05, 0.1) is 5.69 Å². The number of carbonyl (C=O) groups is 3. The Bertz CT molecular complexity index is 1480. The maximum absolute atomic E-state index is 13.2. The molecule has 1 aliphatic rings. The minimum Gasteiger partial charge on any atom is -0.342 e.